The average molecular weight is 274 g/mol. The van der Waals surface area contributed by atoms with Crippen LogP contribution < -0.4 is 4.90 Å². The molecule has 2 rings (SSSR count). The molecular weight excluding hydrogens is 263 g/mol. The van der Waals surface area contributed by atoms with Crippen molar-refractivity contribution in [3.8, 4) is 0 Å². The van der Waals surface area contributed by atoms with Crippen LogP contribution in [0, 0.1) is 15.9 Å². The van der Waals surface area contributed by atoms with E-state index in [1.807, 2.05) is 0 Å². The summed E-state index contributed by atoms with van der Waals surface area (Å²) in [5, 5.41) is 10.6. The summed E-state index contributed by atoms with van der Waals surface area (Å²) in [5.74, 6) is -1.12. The van der Waals surface area contributed by atoms with Crippen molar-refractivity contribution < 1.29 is 14.1 Å². The van der Waals surface area contributed by atoms with Gasteiger partial charge in [0.2, 0.25) is 0 Å². The van der Waals surface area contributed by atoms with Gasteiger partial charge in [-0.2, -0.15) is 0 Å². The van der Waals surface area contributed by atoms with Gasteiger partial charge in [0.15, 0.2) is 0 Å². The molecule has 0 radical (unpaired) electrons. The van der Waals surface area contributed by atoms with Crippen LogP contribution >= 0.6 is 0 Å². The smallest absolute Gasteiger partial charge is 0.269 e. The number of nitrogens with zero attached hydrogens (tertiary/aromatic N) is 2. The topological polar surface area (TPSA) is 63.5 Å². The van der Waals surface area contributed by atoms with Gasteiger partial charge < -0.3 is 4.90 Å². The van der Waals surface area contributed by atoms with E-state index in [2.05, 4.69) is 0 Å². The fourth-order valence-corrected chi connectivity index (χ4v) is 1.73. The number of non-ortho nitro benzene ring substituents is 1. The summed E-state index contributed by atoms with van der Waals surface area (Å²) >= 11 is 0. The van der Waals surface area contributed by atoms with E-state index < -0.39 is 16.6 Å². The molecule has 0 aliphatic heterocycles. The van der Waals surface area contributed by atoms with Crippen molar-refractivity contribution in [3.63, 3.8) is 0 Å². The van der Waals surface area contributed by atoms with E-state index >= 15 is 0 Å². The average Bonchev–Trinajstić information content (AvgIpc) is 2.46. The first-order chi connectivity index (χ1) is 9.50. The van der Waals surface area contributed by atoms with Crippen molar-refractivity contribution in [2.75, 3.05) is 11.9 Å². The number of halogens is 1. The Morgan fingerprint density at radius 1 is 1.15 bits per heavy atom. The number of amides is 1. The minimum absolute atomic E-state index is 0.0478. The van der Waals surface area contributed by atoms with Gasteiger partial charge in [-0.25, -0.2) is 4.39 Å². The predicted octanol–water partition coefficient (Wildman–Crippen LogP) is 3.01. The van der Waals surface area contributed by atoms with E-state index in [1.165, 1.54) is 54.4 Å². The van der Waals surface area contributed by atoms with Crippen molar-refractivity contribution >= 4 is 17.3 Å². The van der Waals surface area contributed by atoms with Crippen molar-refractivity contribution in [3.05, 3.63) is 70.0 Å². The molecule has 2 aromatic rings. The second kappa shape index (κ2) is 5.48. The lowest BCUT2D eigenvalue weighted by atomic mass is 10.1. The van der Waals surface area contributed by atoms with E-state index in [-0.39, 0.29) is 11.3 Å². The van der Waals surface area contributed by atoms with Crippen LogP contribution in [0.15, 0.2) is 48.5 Å². The number of hydrogen-bond acceptors (Lipinski definition) is 3. The number of carbonyl (C=O) groups excluding carboxylic acids is 1. The van der Waals surface area contributed by atoms with Crippen LogP contribution in [-0.2, 0) is 0 Å². The second-order valence-corrected chi connectivity index (χ2v) is 4.12. The van der Waals surface area contributed by atoms with Crippen LogP contribution in [0.25, 0.3) is 0 Å². The van der Waals surface area contributed by atoms with Gasteiger partial charge in [-0.3, -0.25) is 14.9 Å². The zero-order valence-corrected chi connectivity index (χ0v) is 10.6. The summed E-state index contributed by atoms with van der Waals surface area (Å²) in [6.07, 6.45) is 0. The summed E-state index contributed by atoms with van der Waals surface area (Å²) in [6, 6.07) is 11.1. The molecule has 6 heteroatoms. The van der Waals surface area contributed by atoms with Gasteiger partial charge in [0.1, 0.15) is 5.82 Å². The summed E-state index contributed by atoms with van der Waals surface area (Å²) in [7, 11) is 1.48. The van der Waals surface area contributed by atoms with Crippen molar-refractivity contribution in [2.45, 2.75) is 0 Å². The van der Waals surface area contributed by atoms with Gasteiger partial charge in [0, 0.05) is 24.9 Å². The highest BCUT2D eigenvalue weighted by Crippen LogP contribution is 2.20. The normalized spacial score (nSPS) is 10.1. The van der Waals surface area contributed by atoms with Crippen LogP contribution in [-0.4, -0.2) is 17.9 Å². The summed E-state index contributed by atoms with van der Waals surface area (Å²) in [5.41, 5.74) is 0.331. The third-order valence-corrected chi connectivity index (χ3v) is 2.86. The Morgan fingerprint density at radius 2 is 1.75 bits per heavy atom. The quantitative estimate of drug-likeness (QED) is 0.638. The van der Waals surface area contributed by atoms with Gasteiger partial charge >= 0.3 is 0 Å². The molecule has 5 nitrogen and oxygen atoms in total. The van der Waals surface area contributed by atoms with Gasteiger partial charge in [-0.1, -0.05) is 12.1 Å². The highest BCUT2D eigenvalue weighted by Gasteiger charge is 2.17. The molecule has 0 bridgehead atoms. The number of hydrogen-bond donors (Lipinski definition) is 0. The first-order valence-corrected chi connectivity index (χ1v) is 5.78. The zero-order chi connectivity index (χ0) is 14.7. The molecular formula is C14H11FN2O3. The number of carbonyl (C=O) groups is 1. The number of anilines is 1. The maximum Gasteiger partial charge on any atom is 0.269 e. The molecule has 0 saturated heterocycles. The van der Waals surface area contributed by atoms with Crippen LogP contribution in [0.1, 0.15) is 10.4 Å². The minimum Gasteiger partial charge on any atom is -0.311 e. The first-order valence-electron chi connectivity index (χ1n) is 5.78. The third-order valence-electron chi connectivity index (χ3n) is 2.86. The molecule has 0 aliphatic rings. The Morgan fingerprint density at radius 3 is 2.30 bits per heavy atom. The largest absolute Gasteiger partial charge is 0.311 e. The fourth-order valence-electron chi connectivity index (χ4n) is 1.73. The number of nitro benzene ring substituents is 1. The molecule has 102 valence electrons. The molecule has 0 atom stereocenters. The van der Waals surface area contributed by atoms with E-state index in [4.69, 9.17) is 0 Å². The fraction of sp³-hybridized carbons (Fsp3) is 0.0714. The molecule has 0 heterocycles. The van der Waals surface area contributed by atoms with Crippen molar-refractivity contribution in [1.29, 1.82) is 0 Å². The molecule has 0 fully saturated rings. The third kappa shape index (κ3) is 2.64. The standard InChI is InChI=1S/C14H11FN2O3/c1-16(10-6-8-11(9-7-10)17(19)20)14(18)12-4-2-3-5-13(12)15/h2-9H,1H3. The van der Waals surface area contributed by atoms with E-state index in [0.29, 0.717) is 5.69 Å². The second-order valence-electron chi connectivity index (χ2n) is 4.12. The van der Waals surface area contributed by atoms with E-state index in [9.17, 15) is 19.3 Å². The molecule has 0 spiro atoms. The maximum atomic E-state index is 13.5. The first kappa shape index (κ1) is 13.7. The molecule has 0 N–H and O–H groups in total. The van der Waals surface area contributed by atoms with Crippen LogP contribution in [0.5, 0.6) is 0 Å². The van der Waals surface area contributed by atoms with Crippen molar-refractivity contribution in [1.82, 2.24) is 0 Å². The van der Waals surface area contributed by atoms with E-state index in [1.54, 1.807) is 6.07 Å². The lowest BCUT2D eigenvalue weighted by Gasteiger charge is -2.17. The zero-order valence-electron chi connectivity index (χ0n) is 10.6. The van der Waals surface area contributed by atoms with E-state index in [0.717, 1.165) is 0 Å². The SMILES string of the molecule is CN(C(=O)c1ccccc1F)c1ccc([N+](=O)[O-])cc1. The van der Waals surface area contributed by atoms with Crippen LogP contribution in [0.2, 0.25) is 0 Å². The summed E-state index contributed by atoms with van der Waals surface area (Å²) in [4.78, 5) is 23.4. The lowest BCUT2D eigenvalue weighted by molar-refractivity contribution is -0.384. The van der Waals surface area contributed by atoms with Gasteiger partial charge in [0.25, 0.3) is 11.6 Å². The summed E-state index contributed by atoms with van der Waals surface area (Å²) in [6.45, 7) is 0. The molecule has 0 aliphatic carbocycles. The lowest BCUT2D eigenvalue weighted by Crippen LogP contribution is -2.27. The van der Waals surface area contributed by atoms with Crippen LogP contribution in [0.3, 0.4) is 0 Å². The number of nitro groups is 1. The highest BCUT2D eigenvalue weighted by atomic mass is 19.1. The Labute approximate surface area is 114 Å². The molecule has 0 aromatic heterocycles. The predicted molar refractivity (Wildman–Crippen MR) is 72.2 cm³/mol. The Balaban J connectivity index is 2.27. The Hall–Kier alpha value is -2.76. The molecule has 2 aromatic carbocycles. The van der Waals surface area contributed by atoms with Crippen LogP contribution in [0.4, 0.5) is 15.8 Å². The van der Waals surface area contributed by atoms with Gasteiger partial charge in [-0.05, 0) is 24.3 Å². The van der Waals surface area contributed by atoms with Gasteiger partial charge in [0.05, 0.1) is 10.5 Å². The molecule has 0 saturated carbocycles. The summed E-state index contributed by atoms with van der Waals surface area (Å²) < 4.78 is 13.5. The molecule has 20 heavy (non-hydrogen) atoms. The monoisotopic (exact) mass is 274 g/mol. The number of rotatable bonds is 3. The number of benzene rings is 2. The molecule has 0 unspecified atom stereocenters. The van der Waals surface area contributed by atoms with Gasteiger partial charge in [-0.15, -0.1) is 0 Å². The Kier molecular flexibility index (Phi) is 3.74. The molecule has 1 amide bonds. The Bertz CT molecular complexity index is 656. The maximum absolute atomic E-state index is 13.5. The highest BCUT2D eigenvalue weighted by molar-refractivity contribution is 6.05. The minimum atomic E-state index is -0.605. The van der Waals surface area contributed by atoms with Crippen molar-refractivity contribution in [2.24, 2.45) is 0 Å².